The van der Waals surface area contributed by atoms with Crippen molar-refractivity contribution < 1.29 is 14.6 Å². The van der Waals surface area contributed by atoms with Crippen LogP contribution in [0.5, 0.6) is 5.75 Å². The Morgan fingerprint density at radius 2 is 2.00 bits per heavy atom. The molecule has 0 aliphatic rings. The fraction of sp³-hybridized carbons (Fsp3) is 0.267. The summed E-state index contributed by atoms with van der Waals surface area (Å²) < 4.78 is 5.63. The maximum absolute atomic E-state index is 11.3. The SMILES string of the molecule is CCCc1cc(OCc2c(Cl)cccc2Cl)c(C(=O)O)s1. The maximum atomic E-state index is 11.3. The zero-order valence-electron chi connectivity index (χ0n) is 11.4. The van der Waals surface area contributed by atoms with Crippen LogP contribution in [0.4, 0.5) is 0 Å². The van der Waals surface area contributed by atoms with Gasteiger partial charge in [0.05, 0.1) is 0 Å². The van der Waals surface area contributed by atoms with Crippen LogP contribution in [0.15, 0.2) is 24.3 Å². The number of hydrogen-bond acceptors (Lipinski definition) is 3. The Hall–Kier alpha value is -1.23. The summed E-state index contributed by atoms with van der Waals surface area (Å²) in [5.74, 6) is -0.616. The van der Waals surface area contributed by atoms with Crippen LogP contribution in [-0.4, -0.2) is 11.1 Å². The molecule has 0 unspecified atom stereocenters. The topological polar surface area (TPSA) is 46.5 Å². The largest absolute Gasteiger partial charge is 0.487 e. The van der Waals surface area contributed by atoms with E-state index in [0.29, 0.717) is 21.4 Å². The van der Waals surface area contributed by atoms with Gasteiger partial charge in [0.2, 0.25) is 0 Å². The number of ether oxygens (including phenoxy) is 1. The second-order valence-electron chi connectivity index (χ2n) is 4.45. The van der Waals surface area contributed by atoms with Crippen molar-refractivity contribution in [3.05, 3.63) is 49.6 Å². The van der Waals surface area contributed by atoms with Gasteiger partial charge in [0, 0.05) is 20.5 Å². The van der Waals surface area contributed by atoms with Gasteiger partial charge in [0.15, 0.2) is 4.88 Å². The van der Waals surface area contributed by atoms with Gasteiger partial charge in [-0.05, 0) is 24.6 Å². The van der Waals surface area contributed by atoms with Crippen molar-refractivity contribution >= 4 is 40.5 Å². The first-order chi connectivity index (χ1) is 10.0. The molecule has 1 aromatic carbocycles. The summed E-state index contributed by atoms with van der Waals surface area (Å²) in [5.41, 5.74) is 0.653. The average Bonchev–Trinajstić information content (AvgIpc) is 2.82. The minimum Gasteiger partial charge on any atom is -0.487 e. The van der Waals surface area contributed by atoms with E-state index in [9.17, 15) is 9.90 Å². The van der Waals surface area contributed by atoms with Crippen LogP contribution in [-0.2, 0) is 13.0 Å². The molecule has 2 rings (SSSR count). The van der Waals surface area contributed by atoms with Crippen molar-refractivity contribution in [1.29, 1.82) is 0 Å². The van der Waals surface area contributed by atoms with Crippen LogP contribution in [0, 0.1) is 0 Å². The van der Waals surface area contributed by atoms with E-state index in [4.69, 9.17) is 27.9 Å². The predicted molar refractivity (Wildman–Crippen MR) is 86.1 cm³/mol. The molecule has 0 radical (unpaired) electrons. The third-order valence-corrected chi connectivity index (χ3v) is 4.75. The average molecular weight is 345 g/mol. The van der Waals surface area contributed by atoms with Gasteiger partial charge in [0.25, 0.3) is 0 Å². The van der Waals surface area contributed by atoms with E-state index in [1.165, 1.54) is 11.3 Å². The van der Waals surface area contributed by atoms with Gasteiger partial charge < -0.3 is 9.84 Å². The lowest BCUT2D eigenvalue weighted by atomic mass is 10.2. The van der Waals surface area contributed by atoms with Crippen LogP contribution < -0.4 is 4.74 Å². The van der Waals surface area contributed by atoms with Crippen molar-refractivity contribution in [1.82, 2.24) is 0 Å². The molecular weight excluding hydrogens is 331 g/mol. The number of rotatable bonds is 6. The molecule has 0 saturated heterocycles. The van der Waals surface area contributed by atoms with Crippen LogP contribution >= 0.6 is 34.5 Å². The minimum absolute atomic E-state index is 0.140. The van der Waals surface area contributed by atoms with Crippen molar-refractivity contribution in [3.8, 4) is 5.75 Å². The van der Waals surface area contributed by atoms with E-state index in [1.54, 1.807) is 24.3 Å². The minimum atomic E-state index is -0.984. The highest BCUT2D eigenvalue weighted by atomic mass is 35.5. The lowest BCUT2D eigenvalue weighted by Gasteiger charge is -2.08. The fourth-order valence-corrected chi connectivity index (χ4v) is 3.42. The molecule has 6 heteroatoms. The van der Waals surface area contributed by atoms with Crippen LogP contribution in [0.1, 0.15) is 33.5 Å². The molecule has 0 atom stereocenters. The van der Waals surface area contributed by atoms with Crippen molar-refractivity contribution in [3.63, 3.8) is 0 Å². The molecule has 1 aromatic heterocycles. The zero-order valence-corrected chi connectivity index (χ0v) is 13.7. The normalized spacial score (nSPS) is 10.6. The number of benzene rings is 1. The van der Waals surface area contributed by atoms with E-state index in [2.05, 4.69) is 0 Å². The maximum Gasteiger partial charge on any atom is 0.349 e. The molecule has 3 nitrogen and oxygen atoms in total. The molecule has 1 heterocycles. The molecule has 0 aliphatic carbocycles. The van der Waals surface area contributed by atoms with Gasteiger partial charge >= 0.3 is 5.97 Å². The van der Waals surface area contributed by atoms with E-state index in [1.807, 2.05) is 6.92 Å². The molecule has 0 bridgehead atoms. The fourth-order valence-electron chi connectivity index (χ4n) is 1.87. The molecule has 0 fully saturated rings. The summed E-state index contributed by atoms with van der Waals surface area (Å²) in [7, 11) is 0. The number of aryl methyl sites for hydroxylation is 1. The summed E-state index contributed by atoms with van der Waals surface area (Å²) >= 11 is 13.4. The Labute approximate surface area is 137 Å². The number of carboxylic acids is 1. The first-order valence-corrected chi connectivity index (χ1v) is 8.01. The van der Waals surface area contributed by atoms with Gasteiger partial charge in [-0.1, -0.05) is 42.6 Å². The first-order valence-electron chi connectivity index (χ1n) is 6.44. The Morgan fingerprint density at radius 1 is 1.33 bits per heavy atom. The predicted octanol–water partition coefficient (Wildman–Crippen LogP) is 5.28. The Bertz CT molecular complexity index is 632. The Balaban J connectivity index is 2.21. The zero-order chi connectivity index (χ0) is 15.4. The van der Waals surface area contributed by atoms with Crippen LogP contribution in [0.3, 0.4) is 0 Å². The summed E-state index contributed by atoms with van der Waals surface area (Å²) in [6, 6.07) is 6.98. The number of aromatic carboxylic acids is 1. The number of carboxylic acid groups (broad SMARTS) is 1. The monoisotopic (exact) mass is 344 g/mol. The molecule has 2 aromatic rings. The second-order valence-corrected chi connectivity index (χ2v) is 6.40. The summed E-state index contributed by atoms with van der Waals surface area (Å²) in [5, 5.41) is 10.2. The molecular formula is C15H14Cl2O3S. The van der Waals surface area contributed by atoms with Crippen LogP contribution in [0.25, 0.3) is 0 Å². The molecule has 1 N–H and O–H groups in total. The van der Waals surface area contributed by atoms with Crippen molar-refractivity contribution in [2.75, 3.05) is 0 Å². The summed E-state index contributed by atoms with van der Waals surface area (Å²) in [4.78, 5) is 12.5. The number of hydrogen-bond donors (Lipinski definition) is 1. The Kier molecular flexibility index (Phi) is 5.51. The highest BCUT2D eigenvalue weighted by Crippen LogP contribution is 2.32. The Morgan fingerprint density at radius 3 is 2.57 bits per heavy atom. The highest BCUT2D eigenvalue weighted by Gasteiger charge is 2.17. The molecule has 0 amide bonds. The van der Waals surface area contributed by atoms with Crippen molar-refractivity contribution in [2.45, 2.75) is 26.4 Å². The lowest BCUT2D eigenvalue weighted by Crippen LogP contribution is -2.01. The quantitative estimate of drug-likeness (QED) is 0.774. The standard InChI is InChI=1S/C15H14Cl2O3S/c1-2-4-9-7-13(14(21-9)15(18)19)20-8-10-11(16)5-3-6-12(10)17/h3,5-7H,2,4,8H2,1H3,(H,18,19). The van der Waals surface area contributed by atoms with E-state index in [-0.39, 0.29) is 11.5 Å². The number of halogens is 2. The number of thiophene rings is 1. The lowest BCUT2D eigenvalue weighted by molar-refractivity contribution is 0.0697. The third-order valence-electron chi connectivity index (χ3n) is 2.87. The van der Waals surface area contributed by atoms with E-state index in [0.717, 1.165) is 17.7 Å². The third kappa shape index (κ3) is 3.90. The summed E-state index contributed by atoms with van der Waals surface area (Å²) in [6.07, 6.45) is 1.79. The second kappa shape index (κ2) is 7.16. The smallest absolute Gasteiger partial charge is 0.349 e. The van der Waals surface area contributed by atoms with E-state index >= 15 is 0 Å². The highest BCUT2D eigenvalue weighted by molar-refractivity contribution is 7.14. The first kappa shape index (κ1) is 16.1. The van der Waals surface area contributed by atoms with E-state index < -0.39 is 5.97 Å². The van der Waals surface area contributed by atoms with Gasteiger partial charge in [-0.3, -0.25) is 0 Å². The van der Waals surface area contributed by atoms with Gasteiger partial charge in [-0.2, -0.15) is 0 Å². The molecule has 21 heavy (non-hydrogen) atoms. The van der Waals surface area contributed by atoms with Gasteiger partial charge in [-0.15, -0.1) is 11.3 Å². The summed E-state index contributed by atoms with van der Waals surface area (Å²) in [6.45, 7) is 2.19. The van der Waals surface area contributed by atoms with Crippen LogP contribution in [0.2, 0.25) is 10.0 Å². The van der Waals surface area contributed by atoms with Crippen molar-refractivity contribution in [2.24, 2.45) is 0 Å². The molecule has 0 spiro atoms. The molecule has 0 saturated carbocycles. The van der Waals surface area contributed by atoms with Gasteiger partial charge in [0.1, 0.15) is 12.4 Å². The number of carbonyl (C=O) groups is 1. The van der Waals surface area contributed by atoms with Gasteiger partial charge in [-0.25, -0.2) is 4.79 Å². The molecule has 112 valence electrons. The molecule has 0 aliphatic heterocycles.